The van der Waals surface area contributed by atoms with Crippen molar-refractivity contribution in [1.82, 2.24) is 25.3 Å². The van der Waals surface area contributed by atoms with Gasteiger partial charge in [0.2, 0.25) is 0 Å². The Morgan fingerprint density at radius 2 is 1.91 bits per heavy atom. The Morgan fingerprint density at radius 3 is 2.53 bits per heavy atom. The molecule has 0 bridgehead atoms. The minimum absolute atomic E-state index is 0.00841. The average Bonchev–Trinajstić information content (AvgIpc) is 3.58. The van der Waals surface area contributed by atoms with Crippen molar-refractivity contribution in [3.05, 3.63) is 70.2 Å². The summed E-state index contributed by atoms with van der Waals surface area (Å²) in [7, 11) is 0. The molecule has 12 heteroatoms. The van der Waals surface area contributed by atoms with Crippen LogP contribution in [0.5, 0.6) is 5.75 Å². The number of benzene rings is 1. The summed E-state index contributed by atoms with van der Waals surface area (Å²) in [5.41, 5.74) is -0.543. The van der Waals surface area contributed by atoms with Crippen LogP contribution in [0.25, 0.3) is 11.6 Å². The first-order valence-electron chi connectivity index (χ1n) is 9.44. The van der Waals surface area contributed by atoms with E-state index in [-0.39, 0.29) is 28.8 Å². The quantitative estimate of drug-likeness (QED) is 0.560. The Kier molecular flexibility index (Phi) is 5.59. The first kappa shape index (κ1) is 21.4. The van der Waals surface area contributed by atoms with E-state index in [9.17, 15) is 27.2 Å². The van der Waals surface area contributed by atoms with Crippen molar-refractivity contribution in [2.24, 2.45) is 5.92 Å². The van der Waals surface area contributed by atoms with Crippen molar-refractivity contribution < 1.29 is 27.1 Å². The van der Waals surface area contributed by atoms with E-state index in [4.69, 9.17) is 0 Å². The third-order valence-electron chi connectivity index (χ3n) is 4.67. The summed E-state index contributed by atoms with van der Waals surface area (Å²) in [6.45, 7) is 0. The number of hydrogen-bond donors (Lipinski definition) is 2. The molecule has 32 heavy (non-hydrogen) atoms. The number of hydrogen-bond acceptors (Lipinski definition) is 6. The Labute approximate surface area is 177 Å². The highest BCUT2D eigenvalue weighted by molar-refractivity contribution is 5.92. The molecular formula is C20H15F4N5O3. The summed E-state index contributed by atoms with van der Waals surface area (Å²) in [6.07, 6.45) is -0.672. The lowest BCUT2D eigenvalue weighted by atomic mass is 10.0. The molecule has 0 saturated heterocycles. The Hall–Kier alpha value is -3.83. The number of alkyl halides is 3. The number of ether oxygens (including phenoxy) is 1. The maximum absolute atomic E-state index is 14.2. The molecule has 4 rings (SSSR count). The van der Waals surface area contributed by atoms with Crippen LogP contribution in [0.4, 0.5) is 17.6 Å². The highest BCUT2D eigenvalue weighted by Gasteiger charge is 2.36. The number of rotatable bonds is 6. The molecule has 1 amide bonds. The largest absolute Gasteiger partial charge is 0.573 e. The summed E-state index contributed by atoms with van der Waals surface area (Å²) in [5, 5.41) is 2.69. The van der Waals surface area contributed by atoms with E-state index in [2.05, 4.69) is 30.0 Å². The third-order valence-corrected chi connectivity index (χ3v) is 4.67. The zero-order chi connectivity index (χ0) is 22.9. The van der Waals surface area contributed by atoms with Crippen LogP contribution in [0, 0.1) is 11.7 Å². The number of nitrogens with zero attached hydrogens (tertiary/aromatic N) is 3. The summed E-state index contributed by atoms with van der Waals surface area (Å²) >= 11 is 0. The molecule has 2 aromatic heterocycles. The second kappa shape index (κ2) is 8.36. The molecule has 1 aliphatic rings. The van der Waals surface area contributed by atoms with Crippen molar-refractivity contribution in [2.75, 3.05) is 0 Å². The van der Waals surface area contributed by atoms with Gasteiger partial charge in [-0.1, -0.05) is 6.07 Å². The monoisotopic (exact) mass is 449 g/mol. The molecule has 8 nitrogen and oxygen atoms in total. The van der Waals surface area contributed by atoms with Crippen LogP contribution in [-0.2, 0) is 0 Å². The van der Waals surface area contributed by atoms with Gasteiger partial charge >= 0.3 is 6.36 Å². The third kappa shape index (κ3) is 5.07. The van der Waals surface area contributed by atoms with E-state index in [1.165, 1.54) is 18.5 Å². The molecule has 1 saturated carbocycles. The summed E-state index contributed by atoms with van der Waals surface area (Å²) < 4.78 is 54.9. The molecule has 2 N–H and O–H groups in total. The molecule has 1 atom stereocenters. The first-order chi connectivity index (χ1) is 15.2. The van der Waals surface area contributed by atoms with E-state index in [0.29, 0.717) is 0 Å². The van der Waals surface area contributed by atoms with Crippen LogP contribution < -0.4 is 15.6 Å². The second-order valence-corrected chi connectivity index (χ2v) is 7.08. The average molecular weight is 449 g/mol. The Morgan fingerprint density at radius 1 is 1.19 bits per heavy atom. The molecule has 0 aliphatic heterocycles. The molecule has 0 radical (unpaired) electrons. The highest BCUT2D eigenvalue weighted by Crippen LogP contribution is 2.42. The van der Waals surface area contributed by atoms with Crippen LogP contribution in [0.3, 0.4) is 0 Å². The minimum Gasteiger partial charge on any atom is -0.403 e. The summed E-state index contributed by atoms with van der Waals surface area (Å²) in [6, 6.07) is 4.88. The number of nitrogens with one attached hydrogen (secondary N) is 2. The van der Waals surface area contributed by atoms with Gasteiger partial charge in [0.1, 0.15) is 5.69 Å². The molecule has 166 valence electrons. The van der Waals surface area contributed by atoms with Crippen molar-refractivity contribution in [1.29, 1.82) is 0 Å². The van der Waals surface area contributed by atoms with E-state index in [1.807, 2.05) is 0 Å². The molecule has 1 fully saturated rings. The van der Waals surface area contributed by atoms with Crippen LogP contribution in [0.1, 0.15) is 34.9 Å². The maximum atomic E-state index is 14.2. The second-order valence-electron chi connectivity index (χ2n) is 7.08. The van der Waals surface area contributed by atoms with Crippen LogP contribution in [-0.4, -0.2) is 32.2 Å². The van der Waals surface area contributed by atoms with E-state index in [0.717, 1.165) is 31.0 Å². The van der Waals surface area contributed by atoms with Crippen molar-refractivity contribution in [3.63, 3.8) is 0 Å². The number of carbonyl (C=O) groups excluding carboxylic acids is 1. The summed E-state index contributed by atoms with van der Waals surface area (Å²) in [4.78, 5) is 39.3. The fraction of sp³-hybridized carbons (Fsp3) is 0.250. The number of aromatic amines is 1. The number of halogens is 4. The van der Waals surface area contributed by atoms with Crippen molar-refractivity contribution in [3.8, 4) is 17.4 Å². The molecule has 1 aliphatic carbocycles. The van der Waals surface area contributed by atoms with Gasteiger partial charge in [0, 0.05) is 18.5 Å². The maximum Gasteiger partial charge on any atom is 0.573 e. The molecule has 2 heterocycles. The van der Waals surface area contributed by atoms with Gasteiger partial charge in [-0.25, -0.2) is 19.3 Å². The fourth-order valence-corrected chi connectivity index (χ4v) is 3.14. The van der Waals surface area contributed by atoms with Crippen molar-refractivity contribution >= 4 is 5.91 Å². The number of carbonyl (C=O) groups is 1. The van der Waals surface area contributed by atoms with Gasteiger partial charge in [-0.05, 0) is 42.5 Å². The molecule has 1 aromatic carbocycles. The number of amides is 1. The van der Waals surface area contributed by atoms with Gasteiger partial charge in [-0.3, -0.25) is 9.59 Å². The topological polar surface area (TPSA) is 110 Å². The van der Waals surface area contributed by atoms with Gasteiger partial charge < -0.3 is 15.0 Å². The smallest absolute Gasteiger partial charge is 0.403 e. The molecule has 3 aromatic rings. The lowest BCUT2D eigenvalue weighted by molar-refractivity contribution is -0.275. The first-order valence-corrected chi connectivity index (χ1v) is 9.44. The van der Waals surface area contributed by atoms with Gasteiger partial charge in [0.05, 0.1) is 6.04 Å². The molecular weight excluding hydrogens is 434 g/mol. The fourth-order valence-electron chi connectivity index (χ4n) is 3.14. The minimum atomic E-state index is -5.03. The lowest BCUT2D eigenvalue weighted by Crippen LogP contribution is -2.32. The SMILES string of the molecule is O=C(NC(c1ccc(OC(F)(F)F)c(F)c1)C1CC1)c1cc(=O)[nH]c(-c2ncccn2)n1. The Bertz CT molecular complexity index is 1200. The van der Waals surface area contributed by atoms with E-state index in [1.54, 1.807) is 6.07 Å². The normalized spacial score (nSPS) is 14.6. The van der Waals surface area contributed by atoms with Crippen molar-refractivity contribution in [2.45, 2.75) is 25.2 Å². The number of H-pyrrole nitrogens is 1. The lowest BCUT2D eigenvalue weighted by Gasteiger charge is -2.19. The number of aromatic nitrogens is 4. The zero-order valence-electron chi connectivity index (χ0n) is 16.2. The van der Waals surface area contributed by atoms with Gasteiger partial charge in [-0.15, -0.1) is 13.2 Å². The van der Waals surface area contributed by atoms with E-state index >= 15 is 0 Å². The van der Waals surface area contributed by atoms with Crippen LogP contribution >= 0.6 is 0 Å². The van der Waals surface area contributed by atoms with Crippen LogP contribution in [0.15, 0.2) is 47.5 Å². The highest BCUT2D eigenvalue weighted by atomic mass is 19.4. The Balaban J connectivity index is 1.58. The van der Waals surface area contributed by atoms with Crippen LogP contribution in [0.2, 0.25) is 0 Å². The standard InChI is InChI=1S/C20H15F4N5O3/c21-12-8-11(4-5-14(12)32-20(22,23)24)16(10-2-3-10)29-19(31)13-9-15(30)28-18(27-13)17-25-6-1-7-26-17/h1,4-10,16H,2-3H2,(H,29,31)(H,27,28,30). The predicted octanol–water partition coefficient (Wildman–Crippen LogP) is 3.15. The summed E-state index contributed by atoms with van der Waals surface area (Å²) in [5.74, 6) is -2.82. The van der Waals surface area contributed by atoms with Gasteiger partial charge in [0.15, 0.2) is 23.2 Å². The van der Waals surface area contributed by atoms with E-state index < -0.39 is 35.4 Å². The molecule has 0 spiro atoms. The van der Waals surface area contributed by atoms with Gasteiger partial charge in [0.25, 0.3) is 11.5 Å². The molecule has 1 unspecified atom stereocenters. The predicted molar refractivity (Wildman–Crippen MR) is 102 cm³/mol. The van der Waals surface area contributed by atoms with Gasteiger partial charge in [-0.2, -0.15) is 0 Å². The zero-order valence-corrected chi connectivity index (χ0v) is 16.2.